The topological polar surface area (TPSA) is 50.9 Å². The van der Waals surface area contributed by atoms with Crippen molar-refractivity contribution in [3.8, 4) is 0 Å². The van der Waals surface area contributed by atoms with Gasteiger partial charge in [0.05, 0.1) is 5.69 Å². The lowest BCUT2D eigenvalue weighted by Crippen LogP contribution is -2.00. The molecule has 1 aromatic carbocycles. The van der Waals surface area contributed by atoms with Crippen LogP contribution in [0.4, 0.5) is 17.2 Å². The van der Waals surface area contributed by atoms with Crippen LogP contribution in [0.25, 0.3) is 0 Å². The van der Waals surface area contributed by atoms with Gasteiger partial charge in [-0.1, -0.05) is 27.5 Å². The molecule has 0 fully saturated rings. The monoisotopic (exact) mass is 325 g/mol. The molecule has 1 aromatic heterocycles. The van der Waals surface area contributed by atoms with Gasteiger partial charge in [0.2, 0.25) is 0 Å². The van der Waals surface area contributed by atoms with Gasteiger partial charge in [0.25, 0.3) is 0 Å². The molecule has 0 aliphatic rings. The Kier molecular flexibility index (Phi) is 3.78. The molecule has 2 rings (SSSR count). The summed E-state index contributed by atoms with van der Waals surface area (Å²) in [5.41, 5.74) is 9.66. The molecule has 0 atom stereocenters. The van der Waals surface area contributed by atoms with Crippen LogP contribution in [-0.2, 0) is 0 Å². The van der Waals surface area contributed by atoms with Crippen molar-refractivity contribution < 1.29 is 0 Å². The van der Waals surface area contributed by atoms with Crippen molar-refractivity contribution in [3.63, 3.8) is 0 Å². The van der Waals surface area contributed by atoms with Gasteiger partial charge in [-0.05, 0) is 49.2 Å². The number of nitrogens with zero attached hydrogens (tertiary/aromatic N) is 1. The molecular formula is C13H13BrClN3. The number of halogens is 2. The van der Waals surface area contributed by atoms with Gasteiger partial charge in [-0.2, -0.15) is 0 Å². The van der Waals surface area contributed by atoms with Crippen LogP contribution in [0.5, 0.6) is 0 Å². The van der Waals surface area contributed by atoms with Crippen LogP contribution in [-0.4, -0.2) is 4.98 Å². The van der Waals surface area contributed by atoms with Gasteiger partial charge in [-0.15, -0.1) is 0 Å². The van der Waals surface area contributed by atoms with Gasteiger partial charge in [-0.25, -0.2) is 4.98 Å². The number of rotatable bonds is 2. The highest BCUT2D eigenvalue weighted by Gasteiger charge is 2.06. The fourth-order valence-corrected chi connectivity index (χ4v) is 2.08. The highest BCUT2D eigenvalue weighted by molar-refractivity contribution is 9.10. The van der Waals surface area contributed by atoms with Crippen molar-refractivity contribution in [2.24, 2.45) is 0 Å². The molecule has 3 N–H and O–H groups in total. The smallest absolute Gasteiger partial charge is 0.155 e. The van der Waals surface area contributed by atoms with Gasteiger partial charge in [0, 0.05) is 10.2 Å². The second kappa shape index (κ2) is 5.16. The molecule has 0 aliphatic carbocycles. The maximum Gasteiger partial charge on any atom is 0.155 e. The molecule has 0 aliphatic heterocycles. The molecule has 0 saturated carbocycles. The van der Waals surface area contributed by atoms with E-state index < -0.39 is 0 Å². The number of hydrogen-bond donors (Lipinski definition) is 2. The Morgan fingerprint density at radius 2 is 1.83 bits per heavy atom. The Morgan fingerprint density at radius 3 is 2.44 bits per heavy atom. The molecule has 0 spiro atoms. The summed E-state index contributed by atoms with van der Waals surface area (Å²) < 4.78 is 1.11. The molecule has 0 bridgehead atoms. The first-order chi connectivity index (χ1) is 8.47. The lowest BCUT2D eigenvalue weighted by atomic mass is 10.1. The zero-order valence-corrected chi connectivity index (χ0v) is 12.4. The number of pyridine rings is 1. The molecule has 0 amide bonds. The molecular weight excluding hydrogens is 314 g/mol. The third-order valence-corrected chi connectivity index (χ3v) is 4.05. The van der Waals surface area contributed by atoms with E-state index in [0.717, 1.165) is 21.3 Å². The summed E-state index contributed by atoms with van der Waals surface area (Å²) in [5, 5.41) is 3.59. The summed E-state index contributed by atoms with van der Waals surface area (Å²) in [6.07, 6.45) is 0. The van der Waals surface area contributed by atoms with Crippen molar-refractivity contribution in [3.05, 3.63) is 45.0 Å². The number of hydrogen-bond acceptors (Lipinski definition) is 3. The lowest BCUT2D eigenvalue weighted by Gasteiger charge is -2.11. The molecule has 2 aromatic rings. The number of nitrogens with one attached hydrogen (secondary N) is 1. The summed E-state index contributed by atoms with van der Waals surface area (Å²) in [5.74, 6) is 0.573. The highest BCUT2D eigenvalue weighted by Crippen LogP contribution is 2.28. The Morgan fingerprint density at radius 1 is 1.22 bits per heavy atom. The van der Waals surface area contributed by atoms with E-state index in [9.17, 15) is 0 Å². The highest BCUT2D eigenvalue weighted by atomic mass is 79.9. The zero-order valence-electron chi connectivity index (χ0n) is 10.1. The van der Waals surface area contributed by atoms with Crippen LogP contribution in [0.3, 0.4) is 0 Å². The van der Waals surface area contributed by atoms with Crippen molar-refractivity contribution in [2.75, 3.05) is 11.1 Å². The minimum absolute atomic E-state index is 0.414. The van der Waals surface area contributed by atoms with E-state index in [-0.39, 0.29) is 0 Å². The molecule has 94 valence electrons. The first-order valence-electron chi connectivity index (χ1n) is 5.43. The summed E-state index contributed by atoms with van der Waals surface area (Å²) in [4.78, 5) is 4.17. The minimum Gasteiger partial charge on any atom is -0.396 e. The van der Waals surface area contributed by atoms with Gasteiger partial charge >= 0.3 is 0 Å². The summed E-state index contributed by atoms with van der Waals surface area (Å²) >= 11 is 9.39. The van der Waals surface area contributed by atoms with Crippen LogP contribution in [0.2, 0.25) is 5.15 Å². The fourth-order valence-electron chi connectivity index (χ4n) is 1.70. The second-order valence-corrected chi connectivity index (χ2v) is 5.30. The molecule has 0 unspecified atom stereocenters. The fraction of sp³-hybridized carbons (Fsp3) is 0.154. The van der Waals surface area contributed by atoms with Crippen molar-refractivity contribution >= 4 is 44.7 Å². The van der Waals surface area contributed by atoms with Crippen LogP contribution >= 0.6 is 27.5 Å². The average molecular weight is 327 g/mol. The van der Waals surface area contributed by atoms with E-state index in [2.05, 4.69) is 26.2 Å². The maximum atomic E-state index is 5.86. The van der Waals surface area contributed by atoms with Crippen molar-refractivity contribution in [2.45, 2.75) is 13.8 Å². The quantitative estimate of drug-likeness (QED) is 0.802. The Balaban J connectivity index is 2.37. The summed E-state index contributed by atoms with van der Waals surface area (Å²) in [6, 6.07) is 7.45. The largest absolute Gasteiger partial charge is 0.396 e. The molecule has 0 saturated heterocycles. The second-order valence-electron chi connectivity index (χ2n) is 4.12. The van der Waals surface area contributed by atoms with E-state index in [1.54, 1.807) is 12.1 Å². The molecule has 1 heterocycles. The van der Waals surface area contributed by atoms with E-state index in [1.165, 1.54) is 0 Å². The van der Waals surface area contributed by atoms with Gasteiger partial charge in [0.15, 0.2) is 5.82 Å². The maximum absolute atomic E-state index is 5.86. The number of nitrogen functional groups attached to an aromatic ring is 1. The lowest BCUT2D eigenvalue weighted by molar-refractivity contribution is 1.29. The SMILES string of the molecule is Cc1cc(Nc2nc(Cl)ccc2N)cc(C)c1Br. The predicted molar refractivity (Wildman–Crippen MR) is 80.6 cm³/mol. The number of aromatic nitrogens is 1. The molecule has 3 nitrogen and oxygen atoms in total. The normalized spacial score (nSPS) is 10.4. The molecule has 0 radical (unpaired) electrons. The van der Waals surface area contributed by atoms with E-state index in [1.807, 2.05) is 26.0 Å². The number of benzene rings is 1. The Bertz CT molecular complexity index is 576. The van der Waals surface area contributed by atoms with E-state index in [4.69, 9.17) is 17.3 Å². The zero-order chi connectivity index (χ0) is 13.3. The average Bonchev–Trinajstić information content (AvgIpc) is 2.31. The Hall–Kier alpha value is -1.26. The third kappa shape index (κ3) is 2.76. The van der Waals surface area contributed by atoms with Crippen molar-refractivity contribution in [1.82, 2.24) is 4.98 Å². The van der Waals surface area contributed by atoms with Crippen LogP contribution in [0.1, 0.15) is 11.1 Å². The molecule has 18 heavy (non-hydrogen) atoms. The first kappa shape index (κ1) is 13.2. The van der Waals surface area contributed by atoms with E-state index in [0.29, 0.717) is 16.7 Å². The van der Waals surface area contributed by atoms with Gasteiger partial charge in [0.1, 0.15) is 5.15 Å². The number of aryl methyl sites for hydroxylation is 2. The van der Waals surface area contributed by atoms with Crippen LogP contribution in [0.15, 0.2) is 28.7 Å². The Labute approximate surface area is 119 Å². The van der Waals surface area contributed by atoms with E-state index >= 15 is 0 Å². The molecule has 5 heteroatoms. The minimum atomic E-state index is 0.414. The number of nitrogens with two attached hydrogens (primary N) is 1. The summed E-state index contributed by atoms with van der Waals surface area (Å²) in [7, 11) is 0. The third-order valence-electron chi connectivity index (χ3n) is 2.59. The van der Waals surface area contributed by atoms with Crippen LogP contribution in [0, 0.1) is 13.8 Å². The predicted octanol–water partition coefficient (Wildman–Crippen LogP) is 4.44. The van der Waals surface area contributed by atoms with Gasteiger partial charge in [-0.3, -0.25) is 0 Å². The van der Waals surface area contributed by atoms with Crippen molar-refractivity contribution in [1.29, 1.82) is 0 Å². The standard InChI is InChI=1S/C13H13BrClN3/c1-7-5-9(6-8(2)12(7)14)17-13-10(16)3-4-11(15)18-13/h3-6H,16H2,1-2H3,(H,17,18). The first-order valence-corrected chi connectivity index (χ1v) is 6.60. The van der Waals surface area contributed by atoms with Gasteiger partial charge < -0.3 is 11.1 Å². The number of anilines is 3. The summed E-state index contributed by atoms with van der Waals surface area (Å²) in [6.45, 7) is 4.08. The van der Waals surface area contributed by atoms with Crippen LogP contribution < -0.4 is 11.1 Å².